The molecule has 1 atom stereocenters. The molecule has 1 aliphatic rings. The topological polar surface area (TPSA) is 75.0 Å². The molecule has 6 nitrogen and oxygen atoms in total. The predicted molar refractivity (Wildman–Crippen MR) is 93.4 cm³/mol. The van der Waals surface area contributed by atoms with Crippen LogP contribution in [0.1, 0.15) is 18.0 Å². The van der Waals surface area contributed by atoms with E-state index in [-0.39, 0.29) is 6.04 Å². The summed E-state index contributed by atoms with van der Waals surface area (Å²) < 4.78 is 21.6. The number of benzene rings is 2. The quantitative estimate of drug-likeness (QED) is 0.820. The van der Waals surface area contributed by atoms with Crippen LogP contribution in [0.15, 0.2) is 30.3 Å². The van der Waals surface area contributed by atoms with Gasteiger partial charge in [0.2, 0.25) is 0 Å². The van der Waals surface area contributed by atoms with E-state index < -0.39 is 0 Å². The summed E-state index contributed by atoms with van der Waals surface area (Å²) in [5, 5.41) is 3.49. The average molecular weight is 330 g/mol. The van der Waals surface area contributed by atoms with Gasteiger partial charge in [0.15, 0.2) is 11.5 Å². The van der Waals surface area contributed by atoms with Crippen molar-refractivity contribution in [3.63, 3.8) is 0 Å². The Balaban J connectivity index is 1.90. The molecule has 0 spiro atoms. The average Bonchev–Trinajstić information content (AvgIpc) is 2.62. The lowest BCUT2D eigenvalue weighted by atomic mass is 9.99. The molecule has 2 aromatic rings. The molecule has 2 aromatic carbocycles. The molecule has 3 N–H and O–H groups in total. The Morgan fingerprint density at radius 2 is 1.79 bits per heavy atom. The van der Waals surface area contributed by atoms with Crippen molar-refractivity contribution in [3.05, 3.63) is 35.9 Å². The van der Waals surface area contributed by atoms with Gasteiger partial charge < -0.3 is 30.0 Å². The molecule has 24 heavy (non-hydrogen) atoms. The Morgan fingerprint density at radius 3 is 2.50 bits per heavy atom. The molecule has 128 valence electrons. The van der Waals surface area contributed by atoms with Crippen molar-refractivity contribution in [3.8, 4) is 23.0 Å². The molecule has 3 rings (SSSR count). The molecular weight excluding hydrogens is 308 g/mol. The van der Waals surface area contributed by atoms with Crippen molar-refractivity contribution in [1.29, 1.82) is 0 Å². The van der Waals surface area contributed by atoms with Crippen molar-refractivity contribution in [2.24, 2.45) is 0 Å². The lowest BCUT2D eigenvalue weighted by Crippen LogP contribution is -2.21. The zero-order valence-corrected chi connectivity index (χ0v) is 14.1. The summed E-state index contributed by atoms with van der Waals surface area (Å²) >= 11 is 0. The van der Waals surface area contributed by atoms with E-state index in [1.54, 1.807) is 27.4 Å². The zero-order chi connectivity index (χ0) is 17.1. The highest BCUT2D eigenvalue weighted by atomic mass is 16.5. The minimum Gasteiger partial charge on any atom is -0.497 e. The largest absolute Gasteiger partial charge is 0.497 e. The van der Waals surface area contributed by atoms with Crippen molar-refractivity contribution in [2.45, 2.75) is 12.5 Å². The fraction of sp³-hybridized carbons (Fsp3) is 0.333. The van der Waals surface area contributed by atoms with Crippen LogP contribution in [-0.2, 0) is 0 Å². The summed E-state index contributed by atoms with van der Waals surface area (Å²) in [4.78, 5) is 0. The van der Waals surface area contributed by atoms with Gasteiger partial charge in [-0.25, -0.2) is 0 Å². The number of ether oxygens (including phenoxy) is 4. The molecule has 1 aliphatic heterocycles. The van der Waals surface area contributed by atoms with Gasteiger partial charge in [0.25, 0.3) is 0 Å². The van der Waals surface area contributed by atoms with E-state index in [9.17, 15) is 0 Å². The number of anilines is 2. The van der Waals surface area contributed by atoms with Gasteiger partial charge in [0.1, 0.15) is 11.5 Å². The maximum absolute atomic E-state index is 6.15. The normalized spacial score (nSPS) is 15.9. The number of methoxy groups -OCH3 is 3. The first-order chi connectivity index (χ1) is 11.7. The van der Waals surface area contributed by atoms with E-state index in [1.807, 2.05) is 24.3 Å². The fourth-order valence-electron chi connectivity index (χ4n) is 2.85. The van der Waals surface area contributed by atoms with Crippen molar-refractivity contribution in [1.82, 2.24) is 0 Å². The number of nitrogens with two attached hydrogens (primary N) is 1. The summed E-state index contributed by atoms with van der Waals surface area (Å²) in [5.74, 6) is 2.85. The van der Waals surface area contributed by atoms with Crippen LogP contribution in [0.2, 0.25) is 0 Å². The summed E-state index contributed by atoms with van der Waals surface area (Å²) in [5.41, 5.74) is 8.65. The first-order valence-electron chi connectivity index (χ1n) is 7.75. The molecule has 0 aromatic heterocycles. The van der Waals surface area contributed by atoms with E-state index in [1.165, 1.54) is 0 Å². The van der Waals surface area contributed by atoms with Crippen LogP contribution in [-0.4, -0.2) is 27.9 Å². The van der Waals surface area contributed by atoms with E-state index in [0.717, 1.165) is 29.2 Å². The van der Waals surface area contributed by atoms with Gasteiger partial charge in [-0.3, -0.25) is 0 Å². The van der Waals surface area contributed by atoms with Crippen LogP contribution in [0.4, 0.5) is 11.4 Å². The van der Waals surface area contributed by atoms with Gasteiger partial charge >= 0.3 is 0 Å². The first-order valence-corrected chi connectivity index (χ1v) is 7.75. The number of rotatable bonds is 5. The van der Waals surface area contributed by atoms with Gasteiger partial charge in [-0.15, -0.1) is 0 Å². The third-order valence-corrected chi connectivity index (χ3v) is 4.15. The molecule has 0 aliphatic carbocycles. The fourth-order valence-corrected chi connectivity index (χ4v) is 2.85. The Hall–Kier alpha value is -2.76. The molecule has 0 saturated heterocycles. The van der Waals surface area contributed by atoms with Crippen LogP contribution in [0, 0.1) is 0 Å². The van der Waals surface area contributed by atoms with Crippen LogP contribution in [0.25, 0.3) is 0 Å². The second kappa shape index (κ2) is 6.78. The molecule has 1 heterocycles. The number of fused-ring (bicyclic) bond motifs is 1. The molecule has 0 fully saturated rings. The number of hydrogen-bond acceptors (Lipinski definition) is 6. The first kappa shape index (κ1) is 16.1. The van der Waals surface area contributed by atoms with Crippen LogP contribution >= 0.6 is 0 Å². The highest BCUT2D eigenvalue weighted by Crippen LogP contribution is 2.40. The van der Waals surface area contributed by atoms with Gasteiger partial charge in [-0.05, 0) is 12.1 Å². The van der Waals surface area contributed by atoms with E-state index in [0.29, 0.717) is 23.8 Å². The standard InChI is InChI=1S/C18H22N2O4/c1-21-11-4-5-12-14(6-7-24-16(12)8-11)20-15-10-18(23-3)17(22-2)9-13(15)19/h4-5,8-10,14,20H,6-7,19H2,1-3H3. The molecule has 0 amide bonds. The van der Waals surface area contributed by atoms with E-state index in [4.69, 9.17) is 24.7 Å². The van der Waals surface area contributed by atoms with Crippen LogP contribution in [0.5, 0.6) is 23.0 Å². The highest BCUT2D eigenvalue weighted by Gasteiger charge is 2.23. The summed E-state index contributed by atoms with van der Waals surface area (Å²) in [6, 6.07) is 9.56. The number of nitrogen functional groups attached to an aromatic ring is 1. The molecule has 0 bridgehead atoms. The summed E-state index contributed by atoms with van der Waals surface area (Å²) in [6.07, 6.45) is 0.840. The molecule has 0 saturated carbocycles. The second-order valence-electron chi connectivity index (χ2n) is 5.53. The number of hydrogen-bond donors (Lipinski definition) is 2. The van der Waals surface area contributed by atoms with Crippen LogP contribution in [0.3, 0.4) is 0 Å². The zero-order valence-electron chi connectivity index (χ0n) is 14.1. The third-order valence-electron chi connectivity index (χ3n) is 4.15. The minimum absolute atomic E-state index is 0.0973. The predicted octanol–water partition coefficient (Wildman–Crippen LogP) is 3.23. The monoisotopic (exact) mass is 330 g/mol. The Bertz CT molecular complexity index is 733. The Morgan fingerprint density at radius 1 is 1.04 bits per heavy atom. The van der Waals surface area contributed by atoms with Crippen molar-refractivity contribution >= 4 is 11.4 Å². The maximum Gasteiger partial charge on any atom is 0.162 e. The van der Waals surface area contributed by atoms with E-state index >= 15 is 0 Å². The van der Waals surface area contributed by atoms with Crippen molar-refractivity contribution in [2.75, 3.05) is 39.0 Å². The Kier molecular flexibility index (Phi) is 4.55. The summed E-state index contributed by atoms with van der Waals surface area (Å²) in [7, 11) is 4.84. The maximum atomic E-state index is 6.15. The Labute approximate surface area is 141 Å². The SMILES string of the molecule is COc1ccc2c(c1)OCCC2Nc1cc(OC)c(OC)cc1N. The van der Waals surface area contributed by atoms with Crippen LogP contribution < -0.4 is 30.0 Å². The molecule has 1 unspecified atom stereocenters. The van der Waals surface area contributed by atoms with Gasteiger partial charge in [-0.1, -0.05) is 0 Å². The van der Waals surface area contributed by atoms with E-state index in [2.05, 4.69) is 5.32 Å². The minimum atomic E-state index is 0.0973. The van der Waals surface area contributed by atoms with Gasteiger partial charge in [0, 0.05) is 30.2 Å². The number of nitrogens with one attached hydrogen (secondary N) is 1. The van der Waals surface area contributed by atoms with Gasteiger partial charge in [-0.2, -0.15) is 0 Å². The molecule has 0 radical (unpaired) electrons. The third kappa shape index (κ3) is 2.99. The lowest BCUT2D eigenvalue weighted by Gasteiger charge is -2.28. The summed E-state index contributed by atoms with van der Waals surface area (Å²) in [6.45, 7) is 0.630. The van der Waals surface area contributed by atoms with Gasteiger partial charge in [0.05, 0.1) is 45.4 Å². The van der Waals surface area contributed by atoms with Crippen molar-refractivity contribution < 1.29 is 18.9 Å². The molecule has 6 heteroatoms. The molecular formula is C18H22N2O4. The lowest BCUT2D eigenvalue weighted by molar-refractivity contribution is 0.272. The smallest absolute Gasteiger partial charge is 0.162 e. The highest BCUT2D eigenvalue weighted by molar-refractivity contribution is 5.72. The second-order valence-corrected chi connectivity index (χ2v) is 5.53.